The SMILES string of the molecule is CC(Sc1nnc(-c2ccc(F)cc2)n1N)C(=O)Nc1ccc(F)cc1F. The first-order valence-electron chi connectivity index (χ1n) is 7.74. The van der Waals surface area contributed by atoms with Gasteiger partial charge in [-0.05, 0) is 43.3 Å². The molecule has 0 radical (unpaired) electrons. The Bertz CT molecular complexity index is 977. The molecule has 0 fully saturated rings. The third-order valence-electron chi connectivity index (χ3n) is 3.61. The van der Waals surface area contributed by atoms with Crippen LogP contribution in [0.15, 0.2) is 47.6 Å². The van der Waals surface area contributed by atoms with Gasteiger partial charge in [0.15, 0.2) is 5.82 Å². The fourth-order valence-electron chi connectivity index (χ4n) is 2.19. The lowest BCUT2D eigenvalue weighted by atomic mass is 10.2. The molecule has 0 aliphatic rings. The number of benzene rings is 2. The van der Waals surface area contributed by atoms with Crippen LogP contribution in [0.5, 0.6) is 0 Å². The first-order valence-corrected chi connectivity index (χ1v) is 8.62. The Hall–Kier alpha value is -3.01. The molecule has 3 rings (SSSR count). The van der Waals surface area contributed by atoms with Crippen LogP contribution >= 0.6 is 11.8 Å². The van der Waals surface area contributed by atoms with Crippen LogP contribution in [0.1, 0.15) is 6.92 Å². The molecule has 27 heavy (non-hydrogen) atoms. The van der Waals surface area contributed by atoms with E-state index >= 15 is 0 Å². The maximum Gasteiger partial charge on any atom is 0.237 e. The molecule has 0 spiro atoms. The van der Waals surface area contributed by atoms with Gasteiger partial charge in [-0.2, -0.15) is 0 Å². The summed E-state index contributed by atoms with van der Waals surface area (Å²) in [7, 11) is 0. The van der Waals surface area contributed by atoms with Gasteiger partial charge < -0.3 is 11.2 Å². The highest BCUT2D eigenvalue weighted by Crippen LogP contribution is 2.26. The van der Waals surface area contributed by atoms with Gasteiger partial charge in [-0.1, -0.05) is 11.8 Å². The van der Waals surface area contributed by atoms with Crippen LogP contribution in [0.3, 0.4) is 0 Å². The maximum atomic E-state index is 13.6. The standard InChI is InChI=1S/C17H14F3N5OS/c1-9(16(26)22-14-7-6-12(19)8-13(14)20)27-17-24-23-15(25(17)21)10-2-4-11(18)5-3-10/h2-9H,21H2,1H3,(H,22,26). The van der Waals surface area contributed by atoms with Crippen molar-refractivity contribution in [3.63, 3.8) is 0 Å². The van der Waals surface area contributed by atoms with E-state index in [1.165, 1.54) is 28.9 Å². The highest BCUT2D eigenvalue weighted by molar-refractivity contribution is 8.00. The van der Waals surface area contributed by atoms with Crippen LogP contribution in [0.25, 0.3) is 11.4 Å². The van der Waals surface area contributed by atoms with Gasteiger partial charge in [-0.15, -0.1) is 10.2 Å². The lowest BCUT2D eigenvalue weighted by Crippen LogP contribution is -2.24. The van der Waals surface area contributed by atoms with Crippen molar-refractivity contribution < 1.29 is 18.0 Å². The van der Waals surface area contributed by atoms with Crippen LogP contribution in [0.2, 0.25) is 0 Å². The summed E-state index contributed by atoms with van der Waals surface area (Å²) in [5.41, 5.74) is 0.429. The summed E-state index contributed by atoms with van der Waals surface area (Å²) < 4.78 is 40.8. The molecule has 0 bridgehead atoms. The Labute approximate surface area is 156 Å². The zero-order valence-corrected chi connectivity index (χ0v) is 14.8. The number of anilines is 1. The lowest BCUT2D eigenvalue weighted by molar-refractivity contribution is -0.115. The third-order valence-corrected chi connectivity index (χ3v) is 4.66. The number of rotatable bonds is 5. The van der Waals surface area contributed by atoms with E-state index in [2.05, 4.69) is 15.5 Å². The molecule has 1 heterocycles. The van der Waals surface area contributed by atoms with Crippen molar-refractivity contribution in [1.29, 1.82) is 0 Å². The molecule has 0 aliphatic heterocycles. The zero-order chi connectivity index (χ0) is 19.6. The normalized spacial score (nSPS) is 12.0. The monoisotopic (exact) mass is 393 g/mol. The molecule has 1 amide bonds. The molecule has 2 aromatic carbocycles. The molecule has 3 aromatic rings. The van der Waals surface area contributed by atoms with Gasteiger partial charge in [0.25, 0.3) is 0 Å². The molecular formula is C17H14F3N5OS. The Morgan fingerprint density at radius 1 is 1.11 bits per heavy atom. The molecule has 0 aliphatic carbocycles. The molecule has 1 atom stereocenters. The van der Waals surface area contributed by atoms with E-state index in [0.717, 1.165) is 23.9 Å². The summed E-state index contributed by atoms with van der Waals surface area (Å²) in [5, 5.41) is 9.81. The summed E-state index contributed by atoms with van der Waals surface area (Å²) in [5.74, 6) is 3.74. The first kappa shape index (κ1) is 18.8. The van der Waals surface area contributed by atoms with Gasteiger partial charge in [0.1, 0.15) is 17.5 Å². The largest absolute Gasteiger partial charge is 0.335 e. The Morgan fingerprint density at radius 3 is 2.44 bits per heavy atom. The predicted octanol–water partition coefficient (Wildman–Crippen LogP) is 3.20. The quantitative estimate of drug-likeness (QED) is 0.514. The van der Waals surface area contributed by atoms with E-state index in [1.54, 1.807) is 6.92 Å². The fraction of sp³-hybridized carbons (Fsp3) is 0.118. The second-order valence-electron chi connectivity index (χ2n) is 5.56. The molecule has 1 unspecified atom stereocenters. The topological polar surface area (TPSA) is 85.8 Å². The van der Waals surface area contributed by atoms with Crippen molar-refractivity contribution in [1.82, 2.24) is 14.9 Å². The summed E-state index contributed by atoms with van der Waals surface area (Å²) in [6, 6.07) is 8.41. The smallest absolute Gasteiger partial charge is 0.237 e. The lowest BCUT2D eigenvalue weighted by Gasteiger charge is -2.12. The first-order chi connectivity index (χ1) is 12.8. The van der Waals surface area contributed by atoms with Crippen molar-refractivity contribution in [3.8, 4) is 11.4 Å². The molecular weight excluding hydrogens is 379 g/mol. The number of nitrogen functional groups attached to an aromatic ring is 1. The van der Waals surface area contributed by atoms with Crippen molar-refractivity contribution in [2.45, 2.75) is 17.3 Å². The number of thioether (sulfide) groups is 1. The van der Waals surface area contributed by atoms with E-state index in [-0.39, 0.29) is 10.8 Å². The Kier molecular flexibility index (Phi) is 5.36. The van der Waals surface area contributed by atoms with Crippen LogP contribution in [0.4, 0.5) is 18.9 Å². The minimum atomic E-state index is -0.874. The second-order valence-corrected chi connectivity index (χ2v) is 6.86. The minimum Gasteiger partial charge on any atom is -0.335 e. The zero-order valence-electron chi connectivity index (χ0n) is 14.0. The fourth-order valence-corrected chi connectivity index (χ4v) is 2.96. The van der Waals surface area contributed by atoms with E-state index in [1.807, 2.05) is 0 Å². The van der Waals surface area contributed by atoms with Gasteiger partial charge in [-0.25, -0.2) is 17.8 Å². The van der Waals surface area contributed by atoms with Crippen LogP contribution in [-0.4, -0.2) is 26.0 Å². The summed E-state index contributed by atoms with van der Waals surface area (Å²) in [6.45, 7) is 1.58. The number of carbonyl (C=O) groups excluding carboxylic acids is 1. The van der Waals surface area contributed by atoms with Gasteiger partial charge in [-0.3, -0.25) is 4.79 Å². The van der Waals surface area contributed by atoms with E-state index in [4.69, 9.17) is 5.84 Å². The number of nitrogens with one attached hydrogen (secondary N) is 1. The average Bonchev–Trinajstić information content (AvgIpc) is 2.98. The molecule has 0 saturated carbocycles. The molecule has 10 heteroatoms. The van der Waals surface area contributed by atoms with Gasteiger partial charge in [0.2, 0.25) is 11.1 Å². The van der Waals surface area contributed by atoms with Gasteiger partial charge in [0, 0.05) is 11.6 Å². The average molecular weight is 393 g/mol. The molecule has 3 N–H and O–H groups in total. The van der Waals surface area contributed by atoms with Crippen molar-refractivity contribution in [3.05, 3.63) is 59.9 Å². The summed E-state index contributed by atoms with van der Waals surface area (Å²) in [4.78, 5) is 12.2. The molecule has 6 nitrogen and oxygen atoms in total. The van der Waals surface area contributed by atoms with Crippen molar-refractivity contribution in [2.24, 2.45) is 0 Å². The number of aromatic nitrogens is 3. The molecule has 1 aromatic heterocycles. The second kappa shape index (κ2) is 7.70. The minimum absolute atomic E-state index is 0.130. The van der Waals surface area contributed by atoms with Gasteiger partial charge >= 0.3 is 0 Å². The summed E-state index contributed by atoms with van der Waals surface area (Å²) in [6.07, 6.45) is 0. The number of hydrogen-bond donors (Lipinski definition) is 2. The van der Waals surface area contributed by atoms with E-state index in [0.29, 0.717) is 17.5 Å². The van der Waals surface area contributed by atoms with Crippen LogP contribution in [0, 0.1) is 17.5 Å². The van der Waals surface area contributed by atoms with Gasteiger partial charge in [0.05, 0.1) is 10.9 Å². The Balaban J connectivity index is 1.71. The molecule has 0 saturated heterocycles. The van der Waals surface area contributed by atoms with Crippen molar-refractivity contribution >= 4 is 23.4 Å². The highest BCUT2D eigenvalue weighted by Gasteiger charge is 2.21. The number of amides is 1. The number of halogens is 3. The number of carbonyl (C=O) groups is 1. The highest BCUT2D eigenvalue weighted by atomic mass is 32.2. The predicted molar refractivity (Wildman–Crippen MR) is 95.9 cm³/mol. The number of hydrogen-bond acceptors (Lipinski definition) is 5. The van der Waals surface area contributed by atoms with E-state index < -0.39 is 28.6 Å². The summed E-state index contributed by atoms with van der Waals surface area (Å²) >= 11 is 1.01. The third kappa shape index (κ3) is 4.22. The number of nitrogens with zero attached hydrogens (tertiary/aromatic N) is 3. The number of nitrogens with two attached hydrogens (primary N) is 1. The van der Waals surface area contributed by atoms with Crippen LogP contribution in [-0.2, 0) is 4.79 Å². The van der Waals surface area contributed by atoms with Crippen LogP contribution < -0.4 is 11.2 Å². The van der Waals surface area contributed by atoms with Crippen molar-refractivity contribution in [2.75, 3.05) is 11.2 Å². The maximum absolute atomic E-state index is 13.6. The van der Waals surface area contributed by atoms with E-state index in [9.17, 15) is 18.0 Å². The Morgan fingerprint density at radius 2 is 1.78 bits per heavy atom. The molecule has 140 valence electrons.